The summed E-state index contributed by atoms with van der Waals surface area (Å²) < 4.78 is 5.22. The number of aryl methyl sites for hydroxylation is 1. The Balaban J connectivity index is 1.94. The predicted octanol–water partition coefficient (Wildman–Crippen LogP) is 1.24. The fourth-order valence-corrected chi connectivity index (χ4v) is 2.48. The second kappa shape index (κ2) is 6.17. The van der Waals surface area contributed by atoms with Gasteiger partial charge < -0.3 is 15.4 Å². The van der Waals surface area contributed by atoms with Gasteiger partial charge in [0, 0.05) is 20.2 Å². The second-order valence-electron chi connectivity index (χ2n) is 5.31. The molecule has 1 aliphatic heterocycles. The molecule has 1 unspecified atom stereocenters. The molecule has 0 bridgehead atoms. The molecule has 1 aromatic carbocycles. The number of nitrogens with one attached hydrogen (secondary N) is 2. The molecule has 4 nitrogen and oxygen atoms in total. The number of benzene rings is 1. The van der Waals surface area contributed by atoms with E-state index >= 15 is 0 Å². The van der Waals surface area contributed by atoms with E-state index in [0.29, 0.717) is 19.7 Å². The molecule has 104 valence electrons. The van der Waals surface area contributed by atoms with Crippen LogP contribution in [-0.2, 0) is 16.1 Å². The predicted molar refractivity (Wildman–Crippen MR) is 74.8 cm³/mol. The highest BCUT2D eigenvalue weighted by Crippen LogP contribution is 2.26. The van der Waals surface area contributed by atoms with Gasteiger partial charge in [-0.1, -0.05) is 29.8 Å². The van der Waals surface area contributed by atoms with E-state index in [9.17, 15) is 4.79 Å². The molecule has 0 spiro atoms. The summed E-state index contributed by atoms with van der Waals surface area (Å²) in [4.78, 5) is 12.4. The van der Waals surface area contributed by atoms with Crippen molar-refractivity contribution >= 4 is 5.91 Å². The molecular weight excluding hydrogens is 240 g/mol. The first-order valence-corrected chi connectivity index (χ1v) is 6.70. The minimum Gasteiger partial charge on any atom is -0.384 e. The summed E-state index contributed by atoms with van der Waals surface area (Å²) in [5.74, 6) is 0.0833. The first-order valence-electron chi connectivity index (χ1n) is 6.70. The second-order valence-corrected chi connectivity index (χ2v) is 5.31. The van der Waals surface area contributed by atoms with Crippen molar-refractivity contribution in [2.24, 2.45) is 5.41 Å². The van der Waals surface area contributed by atoms with Gasteiger partial charge in [-0.2, -0.15) is 0 Å². The van der Waals surface area contributed by atoms with Gasteiger partial charge in [-0.3, -0.25) is 4.79 Å². The van der Waals surface area contributed by atoms with Crippen LogP contribution < -0.4 is 10.6 Å². The van der Waals surface area contributed by atoms with Crippen LogP contribution in [-0.4, -0.2) is 32.7 Å². The van der Waals surface area contributed by atoms with Crippen LogP contribution in [0.15, 0.2) is 24.3 Å². The Kier molecular flexibility index (Phi) is 4.56. The Morgan fingerprint density at radius 3 is 2.74 bits per heavy atom. The molecule has 2 N–H and O–H groups in total. The van der Waals surface area contributed by atoms with Crippen LogP contribution in [0, 0.1) is 12.3 Å². The number of amides is 1. The van der Waals surface area contributed by atoms with Gasteiger partial charge in [-0.15, -0.1) is 0 Å². The summed E-state index contributed by atoms with van der Waals surface area (Å²) in [5.41, 5.74) is 1.95. The van der Waals surface area contributed by atoms with E-state index in [-0.39, 0.29) is 5.91 Å². The molecular formula is C15H22N2O2. The molecule has 4 heteroatoms. The lowest BCUT2D eigenvalue weighted by atomic mass is 9.87. The molecule has 0 saturated carbocycles. The zero-order valence-corrected chi connectivity index (χ0v) is 11.7. The van der Waals surface area contributed by atoms with Crippen molar-refractivity contribution in [3.8, 4) is 0 Å². The van der Waals surface area contributed by atoms with Crippen molar-refractivity contribution in [1.82, 2.24) is 10.6 Å². The van der Waals surface area contributed by atoms with E-state index < -0.39 is 5.41 Å². The molecule has 1 heterocycles. The van der Waals surface area contributed by atoms with Gasteiger partial charge in [0.05, 0.1) is 12.0 Å². The van der Waals surface area contributed by atoms with Crippen LogP contribution in [0.2, 0.25) is 0 Å². The lowest BCUT2D eigenvalue weighted by Gasteiger charge is -2.26. The maximum atomic E-state index is 12.4. The number of methoxy groups -OCH3 is 1. The minimum atomic E-state index is -0.403. The van der Waals surface area contributed by atoms with Gasteiger partial charge in [-0.05, 0) is 25.5 Å². The molecule has 1 fully saturated rings. The highest BCUT2D eigenvalue weighted by Gasteiger charge is 2.41. The number of hydrogen-bond donors (Lipinski definition) is 2. The first-order chi connectivity index (χ1) is 9.16. The molecule has 1 atom stereocenters. The van der Waals surface area contributed by atoms with Gasteiger partial charge in [0.15, 0.2) is 0 Å². The van der Waals surface area contributed by atoms with E-state index in [1.807, 2.05) is 12.1 Å². The first kappa shape index (κ1) is 14.0. The van der Waals surface area contributed by atoms with E-state index in [0.717, 1.165) is 18.5 Å². The Morgan fingerprint density at radius 2 is 2.16 bits per heavy atom. The van der Waals surface area contributed by atoms with Crippen molar-refractivity contribution in [3.63, 3.8) is 0 Å². The highest BCUT2D eigenvalue weighted by atomic mass is 16.5. The van der Waals surface area contributed by atoms with Crippen LogP contribution in [0.5, 0.6) is 0 Å². The third-order valence-corrected chi connectivity index (χ3v) is 3.72. The van der Waals surface area contributed by atoms with E-state index in [1.54, 1.807) is 7.11 Å². The quantitative estimate of drug-likeness (QED) is 0.839. The number of ether oxygens (including phenoxy) is 1. The molecule has 0 radical (unpaired) electrons. The molecule has 1 aromatic rings. The van der Waals surface area contributed by atoms with Crippen molar-refractivity contribution in [3.05, 3.63) is 35.4 Å². The molecule has 19 heavy (non-hydrogen) atoms. The van der Waals surface area contributed by atoms with Crippen LogP contribution in [0.25, 0.3) is 0 Å². The van der Waals surface area contributed by atoms with Gasteiger partial charge in [0.1, 0.15) is 0 Å². The van der Waals surface area contributed by atoms with Crippen LogP contribution in [0.4, 0.5) is 0 Å². The zero-order chi connectivity index (χ0) is 13.7. The molecule has 0 aromatic heterocycles. The third kappa shape index (κ3) is 3.33. The standard InChI is InChI=1S/C15H22N2O2/c1-12-3-5-13(6-4-12)9-17-14(18)15(11-19-2)7-8-16-10-15/h3-6,16H,7-11H2,1-2H3,(H,17,18). The normalized spacial score (nSPS) is 22.4. The van der Waals surface area contributed by atoms with Gasteiger partial charge >= 0.3 is 0 Å². The van der Waals surface area contributed by atoms with E-state index in [1.165, 1.54) is 5.56 Å². The summed E-state index contributed by atoms with van der Waals surface area (Å²) in [7, 11) is 1.65. The highest BCUT2D eigenvalue weighted by molar-refractivity contribution is 5.83. The van der Waals surface area contributed by atoms with Gasteiger partial charge in [0.2, 0.25) is 5.91 Å². The van der Waals surface area contributed by atoms with Crippen LogP contribution >= 0.6 is 0 Å². The van der Waals surface area contributed by atoms with Crippen LogP contribution in [0.3, 0.4) is 0 Å². The Hall–Kier alpha value is -1.39. The average molecular weight is 262 g/mol. The molecule has 2 rings (SSSR count). The summed E-state index contributed by atoms with van der Waals surface area (Å²) in [6.45, 7) is 4.67. The zero-order valence-electron chi connectivity index (χ0n) is 11.7. The van der Waals surface area contributed by atoms with E-state index in [4.69, 9.17) is 4.74 Å². The maximum absolute atomic E-state index is 12.4. The Bertz CT molecular complexity index is 422. The van der Waals surface area contributed by atoms with Crippen molar-refractivity contribution in [1.29, 1.82) is 0 Å². The largest absolute Gasteiger partial charge is 0.384 e. The molecule has 1 amide bonds. The lowest BCUT2D eigenvalue weighted by molar-refractivity contribution is -0.133. The fraction of sp³-hybridized carbons (Fsp3) is 0.533. The Morgan fingerprint density at radius 1 is 1.42 bits per heavy atom. The van der Waals surface area contributed by atoms with Gasteiger partial charge in [-0.25, -0.2) is 0 Å². The monoisotopic (exact) mass is 262 g/mol. The number of rotatable bonds is 5. The Labute approximate surface area is 114 Å². The number of carbonyl (C=O) groups excluding carboxylic acids is 1. The molecule has 0 aliphatic carbocycles. The average Bonchev–Trinajstić information content (AvgIpc) is 2.88. The number of hydrogen-bond acceptors (Lipinski definition) is 3. The number of carbonyl (C=O) groups is 1. The topological polar surface area (TPSA) is 50.4 Å². The molecule has 1 aliphatic rings. The fourth-order valence-electron chi connectivity index (χ4n) is 2.48. The van der Waals surface area contributed by atoms with Crippen molar-refractivity contribution in [2.45, 2.75) is 19.9 Å². The SMILES string of the molecule is COCC1(C(=O)NCc2ccc(C)cc2)CCNC1. The maximum Gasteiger partial charge on any atom is 0.230 e. The smallest absolute Gasteiger partial charge is 0.230 e. The van der Waals surface area contributed by atoms with Gasteiger partial charge in [0.25, 0.3) is 0 Å². The van der Waals surface area contributed by atoms with Crippen LogP contribution in [0.1, 0.15) is 17.5 Å². The van der Waals surface area contributed by atoms with Crippen molar-refractivity contribution in [2.75, 3.05) is 26.8 Å². The lowest BCUT2D eigenvalue weighted by Crippen LogP contribution is -2.45. The van der Waals surface area contributed by atoms with Crippen molar-refractivity contribution < 1.29 is 9.53 Å². The summed E-state index contributed by atoms with van der Waals surface area (Å²) >= 11 is 0. The summed E-state index contributed by atoms with van der Waals surface area (Å²) in [6.07, 6.45) is 0.834. The van der Waals surface area contributed by atoms with E-state index in [2.05, 4.69) is 29.7 Å². The third-order valence-electron chi connectivity index (χ3n) is 3.72. The summed E-state index contributed by atoms with van der Waals surface area (Å²) in [5, 5.41) is 6.27. The minimum absolute atomic E-state index is 0.0833. The summed E-state index contributed by atoms with van der Waals surface area (Å²) in [6, 6.07) is 8.21. The molecule has 1 saturated heterocycles.